The van der Waals surface area contributed by atoms with Crippen LogP contribution >= 0.6 is 0 Å². The van der Waals surface area contributed by atoms with Crippen LogP contribution in [0, 0.1) is 12.7 Å². The lowest BCUT2D eigenvalue weighted by Gasteiger charge is -2.22. The molecule has 78 valence electrons. The molecule has 1 aromatic rings. The number of benzene rings is 1. The molecule has 0 unspecified atom stereocenters. The second-order valence-electron chi connectivity index (χ2n) is 4.35. The average Bonchev–Trinajstić information content (AvgIpc) is 1.97. The Bertz CT molecular complexity index is 342. The highest BCUT2D eigenvalue weighted by Gasteiger charge is 2.14. The van der Waals surface area contributed by atoms with Crippen molar-refractivity contribution < 1.29 is 9.13 Å². The van der Waals surface area contributed by atoms with Crippen LogP contribution in [0.2, 0.25) is 0 Å². The molecule has 0 amide bonds. The highest BCUT2D eigenvalue weighted by Crippen LogP contribution is 2.28. The van der Waals surface area contributed by atoms with E-state index in [0.717, 1.165) is 0 Å². The zero-order valence-corrected chi connectivity index (χ0v) is 9.02. The number of ether oxygens (including phenoxy) is 1. The summed E-state index contributed by atoms with van der Waals surface area (Å²) in [7, 11) is 0. The fourth-order valence-corrected chi connectivity index (χ4v) is 1.09. The number of aryl methyl sites for hydroxylation is 1. The van der Waals surface area contributed by atoms with Gasteiger partial charge >= 0.3 is 0 Å². The van der Waals surface area contributed by atoms with Gasteiger partial charge in [0.15, 0.2) is 0 Å². The van der Waals surface area contributed by atoms with E-state index in [1.807, 2.05) is 20.8 Å². The minimum atomic E-state index is -0.321. The van der Waals surface area contributed by atoms with Gasteiger partial charge in [-0.15, -0.1) is 0 Å². The van der Waals surface area contributed by atoms with Crippen molar-refractivity contribution in [3.63, 3.8) is 0 Å². The van der Waals surface area contributed by atoms with Crippen molar-refractivity contribution in [2.24, 2.45) is 0 Å². The summed E-state index contributed by atoms with van der Waals surface area (Å²) in [5.41, 5.74) is 6.19. The van der Waals surface area contributed by atoms with E-state index in [0.29, 0.717) is 17.0 Å². The van der Waals surface area contributed by atoms with E-state index in [9.17, 15) is 4.39 Å². The van der Waals surface area contributed by atoms with Gasteiger partial charge in [-0.05, 0) is 39.3 Å². The van der Waals surface area contributed by atoms with Crippen LogP contribution in [0.3, 0.4) is 0 Å². The van der Waals surface area contributed by atoms with Gasteiger partial charge in [0.25, 0.3) is 0 Å². The van der Waals surface area contributed by atoms with Crippen molar-refractivity contribution in [3.8, 4) is 5.75 Å². The van der Waals surface area contributed by atoms with Crippen molar-refractivity contribution in [1.29, 1.82) is 0 Å². The Balaban J connectivity index is 3.04. The Hall–Kier alpha value is -1.25. The molecule has 0 aliphatic carbocycles. The van der Waals surface area contributed by atoms with Gasteiger partial charge in [0.2, 0.25) is 0 Å². The molecule has 2 nitrogen and oxygen atoms in total. The second-order valence-corrected chi connectivity index (χ2v) is 4.35. The topological polar surface area (TPSA) is 35.2 Å². The standard InChI is InChI=1S/C11H16FNO/c1-7-5-10(14-11(2,3)4)9(13)6-8(7)12/h5-6H,13H2,1-4H3. The number of nitrogen functional groups attached to an aromatic ring is 1. The van der Waals surface area contributed by atoms with Crippen LogP contribution in [0.4, 0.5) is 10.1 Å². The van der Waals surface area contributed by atoms with Gasteiger partial charge in [-0.3, -0.25) is 0 Å². The summed E-state index contributed by atoms with van der Waals surface area (Å²) in [5, 5.41) is 0. The Kier molecular flexibility index (Phi) is 2.69. The van der Waals surface area contributed by atoms with Crippen molar-refractivity contribution in [2.45, 2.75) is 33.3 Å². The lowest BCUT2D eigenvalue weighted by atomic mass is 10.1. The van der Waals surface area contributed by atoms with Crippen molar-refractivity contribution >= 4 is 5.69 Å². The summed E-state index contributed by atoms with van der Waals surface area (Å²) >= 11 is 0. The number of rotatable bonds is 1. The molecule has 0 aromatic heterocycles. The fourth-order valence-electron chi connectivity index (χ4n) is 1.09. The Morgan fingerprint density at radius 1 is 1.29 bits per heavy atom. The van der Waals surface area contributed by atoms with E-state index >= 15 is 0 Å². The maximum absolute atomic E-state index is 13.1. The van der Waals surface area contributed by atoms with E-state index in [4.69, 9.17) is 10.5 Å². The molecule has 0 heterocycles. The van der Waals surface area contributed by atoms with Gasteiger partial charge in [0.05, 0.1) is 5.69 Å². The van der Waals surface area contributed by atoms with E-state index in [1.54, 1.807) is 13.0 Å². The third-order valence-corrected chi connectivity index (χ3v) is 1.71. The first-order valence-electron chi connectivity index (χ1n) is 4.54. The smallest absolute Gasteiger partial charge is 0.143 e. The first-order chi connectivity index (χ1) is 6.29. The third kappa shape index (κ3) is 2.62. The summed E-state index contributed by atoms with van der Waals surface area (Å²) in [6.45, 7) is 7.45. The first kappa shape index (κ1) is 10.8. The molecule has 14 heavy (non-hydrogen) atoms. The van der Waals surface area contributed by atoms with Crippen LogP contribution in [0.5, 0.6) is 5.75 Å². The molecule has 0 aliphatic heterocycles. The van der Waals surface area contributed by atoms with Crippen LogP contribution < -0.4 is 10.5 Å². The van der Waals surface area contributed by atoms with Crippen LogP contribution in [-0.4, -0.2) is 5.60 Å². The molecule has 2 N–H and O–H groups in total. The normalized spacial score (nSPS) is 11.5. The predicted octanol–water partition coefficient (Wildman–Crippen LogP) is 2.89. The lowest BCUT2D eigenvalue weighted by Crippen LogP contribution is -2.23. The molecule has 0 atom stereocenters. The van der Waals surface area contributed by atoms with Crippen LogP contribution in [0.25, 0.3) is 0 Å². The molecule has 3 heteroatoms. The molecule has 0 fully saturated rings. The summed E-state index contributed by atoms with van der Waals surface area (Å²) in [6.07, 6.45) is 0. The van der Waals surface area contributed by atoms with Crippen LogP contribution in [0.15, 0.2) is 12.1 Å². The molecule has 1 rings (SSSR count). The van der Waals surface area contributed by atoms with E-state index in [1.165, 1.54) is 6.07 Å². The Morgan fingerprint density at radius 3 is 2.36 bits per heavy atom. The lowest BCUT2D eigenvalue weighted by molar-refractivity contribution is 0.132. The number of hydrogen-bond donors (Lipinski definition) is 1. The predicted molar refractivity (Wildman–Crippen MR) is 55.9 cm³/mol. The zero-order valence-electron chi connectivity index (χ0n) is 9.02. The highest BCUT2D eigenvalue weighted by molar-refractivity contribution is 5.54. The SMILES string of the molecule is Cc1cc(OC(C)(C)C)c(N)cc1F. The van der Waals surface area contributed by atoms with Gasteiger partial charge in [0.1, 0.15) is 17.2 Å². The minimum Gasteiger partial charge on any atom is -0.486 e. The molecular formula is C11H16FNO. The number of hydrogen-bond acceptors (Lipinski definition) is 2. The zero-order chi connectivity index (χ0) is 10.9. The number of anilines is 1. The van der Waals surface area contributed by atoms with E-state index in [2.05, 4.69) is 0 Å². The monoisotopic (exact) mass is 197 g/mol. The van der Waals surface area contributed by atoms with Crippen LogP contribution in [-0.2, 0) is 0 Å². The fraction of sp³-hybridized carbons (Fsp3) is 0.455. The highest BCUT2D eigenvalue weighted by atomic mass is 19.1. The van der Waals surface area contributed by atoms with Gasteiger partial charge in [-0.2, -0.15) is 0 Å². The summed E-state index contributed by atoms with van der Waals surface area (Å²) in [5.74, 6) is 0.236. The van der Waals surface area contributed by atoms with Gasteiger partial charge < -0.3 is 10.5 Å². The average molecular weight is 197 g/mol. The third-order valence-electron chi connectivity index (χ3n) is 1.71. The largest absolute Gasteiger partial charge is 0.486 e. The maximum atomic E-state index is 13.1. The van der Waals surface area contributed by atoms with Crippen LogP contribution in [0.1, 0.15) is 26.3 Å². The van der Waals surface area contributed by atoms with Gasteiger partial charge in [-0.1, -0.05) is 0 Å². The van der Waals surface area contributed by atoms with Crippen molar-refractivity contribution in [3.05, 3.63) is 23.5 Å². The minimum absolute atomic E-state index is 0.302. The van der Waals surface area contributed by atoms with Gasteiger partial charge in [-0.25, -0.2) is 4.39 Å². The number of nitrogens with two attached hydrogens (primary N) is 1. The summed E-state index contributed by atoms with van der Waals surface area (Å²) in [4.78, 5) is 0. The first-order valence-corrected chi connectivity index (χ1v) is 4.54. The molecule has 1 aromatic carbocycles. The summed E-state index contributed by atoms with van der Waals surface area (Å²) < 4.78 is 18.6. The second kappa shape index (κ2) is 3.48. The quantitative estimate of drug-likeness (QED) is 0.702. The summed E-state index contributed by atoms with van der Waals surface area (Å²) in [6, 6.07) is 2.91. The van der Waals surface area contributed by atoms with Crippen molar-refractivity contribution in [2.75, 3.05) is 5.73 Å². The molecule has 0 saturated heterocycles. The molecule has 0 radical (unpaired) electrons. The Morgan fingerprint density at radius 2 is 1.86 bits per heavy atom. The van der Waals surface area contributed by atoms with Crippen molar-refractivity contribution in [1.82, 2.24) is 0 Å². The van der Waals surface area contributed by atoms with E-state index < -0.39 is 0 Å². The molecule has 0 aliphatic rings. The maximum Gasteiger partial charge on any atom is 0.143 e. The Labute approximate surface area is 83.9 Å². The van der Waals surface area contributed by atoms with E-state index in [-0.39, 0.29) is 11.4 Å². The molecule has 0 saturated carbocycles. The number of halogens is 1. The van der Waals surface area contributed by atoms with Gasteiger partial charge in [0, 0.05) is 6.07 Å². The molecule has 0 bridgehead atoms. The molecular weight excluding hydrogens is 181 g/mol. The molecule has 0 spiro atoms.